The lowest BCUT2D eigenvalue weighted by atomic mass is 9.76. The van der Waals surface area contributed by atoms with E-state index in [2.05, 4.69) is 19.2 Å². The van der Waals surface area contributed by atoms with Gasteiger partial charge >= 0.3 is 5.97 Å². The summed E-state index contributed by atoms with van der Waals surface area (Å²) in [5, 5.41) is 3.14. The summed E-state index contributed by atoms with van der Waals surface area (Å²) in [7, 11) is 0. The van der Waals surface area contributed by atoms with E-state index < -0.39 is 6.10 Å². The van der Waals surface area contributed by atoms with Crippen LogP contribution in [0.15, 0.2) is 0 Å². The molecular weight excluding hydrogens is 218 g/mol. The highest BCUT2D eigenvalue weighted by Gasteiger charge is 2.31. The van der Waals surface area contributed by atoms with E-state index in [0.29, 0.717) is 18.6 Å². The molecule has 2 rings (SSSR count). The Morgan fingerprint density at radius 2 is 2.06 bits per heavy atom. The van der Waals surface area contributed by atoms with Crippen LogP contribution in [-0.2, 0) is 14.3 Å². The highest BCUT2D eigenvalue weighted by molar-refractivity contribution is 5.75. The molecule has 4 nitrogen and oxygen atoms in total. The maximum atomic E-state index is 11.8. The third-order valence-electron chi connectivity index (χ3n) is 3.76. The first-order valence-electron chi connectivity index (χ1n) is 6.60. The predicted octanol–water partition coefficient (Wildman–Crippen LogP) is 1.49. The van der Waals surface area contributed by atoms with E-state index in [1.165, 1.54) is 0 Å². The molecule has 4 heteroatoms. The molecule has 1 aliphatic carbocycles. The third kappa shape index (κ3) is 3.68. The molecule has 0 aromatic rings. The van der Waals surface area contributed by atoms with Crippen molar-refractivity contribution in [2.24, 2.45) is 5.41 Å². The molecule has 1 N–H and O–H groups in total. The van der Waals surface area contributed by atoms with E-state index >= 15 is 0 Å². The summed E-state index contributed by atoms with van der Waals surface area (Å²) in [5.41, 5.74) is 0.409. The number of ether oxygens (including phenoxy) is 2. The van der Waals surface area contributed by atoms with Crippen molar-refractivity contribution in [2.45, 2.75) is 51.7 Å². The topological polar surface area (TPSA) is 47.6 Å². The Hall–Kier alpha value is -0.610. The fourth-order valence-electron chi connectivity index (χ4n) is 2.45. The van der Waals surface area contributed by atoms with Gasteiger partial charge in [-0.1, -0.05) is 13.8 Å². The maximum Gasteiger partial charge on any atom is 0.336 e. The van der Waals surface area contributed by atoms with E-state index in [-0.39, 0.29) is 12.1 Å². The second kappa shape index (κ2) is 5.36. The Labute approximate surface area is 103 Å². The Kier molecular flexibility index (Phi) is 4.05. The molecule has 0 bridgehead atoms. The van der Waals surface area contributed by atoms with Crippen molar-refractivity contribution in [3.8, 4) is 0 Å². The monoisotopic (exact) mass is 241 g/mol. The predicted molar refractivity (Wildman–Crippen MR) is 64.7 cm³/mol. The smallest absolute Gasteiger partial charge is 0.336 e. The normalized spacial score (nSPS) is 29.9. The van der Waals surface area contributed by atoms with Gasteiger partial charge < -0.3 is 14.8 Å². The number of carbonyl (C=O) groups is 1. The van der Waals surface area contributed by atoms with Crippen molar-refractivity contribution < 1.29 is 14.3 Å². The fraction of sp³-hybridized carbons (Fsp3) is 0.923. The SMILES string of the molecule is CC1(C)CCC(OC(=O)C2CNCCO2)CC1. The molecule has 1 heterocycles. The molecule has 0 amide bonds. The summed E-state index contributed by atoms with van der Waals surface area (Å²) >= 11 is 0. The molecule has 1 unspecified atom stereocenters. The molecule has 2 aliphatic rings. The molecule has 1 saturated carbocycles. The van der Waals surface area contributed by atoms with Gasteiger partial charge in [0.1, 0.15) is 6.10 Å². The quantitative estimate of drug-likeness (QED) is 0.744. The fourth-order valence-corrected chi connectivity index (χ4v) is 2.45. The van der Waals surface area contributed by atoms with Crippen LogP contribution in [0.25, 0.3) is 0 Å². The van der Waals surface area contributed by atoms with Crippen LogP contribution in [0, 0.1) is 5.41 Å². The minimum atomic E-state index is -0.404. The number of esters is 1. The van der Waals surface area contributed by atoms with Gasteiger partial charge in [-0.15, -0.1) is 0 Å². The van der Waals surface area contributed by atoms with Gasteiger partial charge in [0.25, 0.3) is 0 Å². The Bertz CT molecular complexity index is 262. The number of hydrogen-bond donors (Lipinski definition) is 1. The molecule has 1 saturated heterocycles. The zero-order chi connectivity index (χ0) is 12.3. The van der Waals surface area contributed by atoms with Crippen LogP contribution in [-0.4, -0.2) is 37.9 Å². The first kappa shape index (κ1) is 12.8. The Morgan fingerprint density at radius 3 is 2.65 bits per heavy atom. The van der Waals surface area contributed by atoms with Crippen molar-refractivity contribution >= 4 is 5.97 Å². The van der Waals surface area contributed by atoms with Crippen molar-refractivity contribution in [1.82, 2.24) is 5.32 Å². The van der Waals surface area contributed by atoms with Crippen LogP contribution in [0.2, 0.25) is 0 Å². The molecule has 0 aromatic heterocycles. The second-order valence-corrected chi connectivity index (χ2v) is 5.86. The lowest BCUT2D eigenvalue weighted by Gasteiger charge is -2.34. The Balaban J connectivity index is 1.75. The van der Waals surface area contributed by atoms with Crippen LogP contribution in [0.5, 0.6) is 0 Å². The van der Waals surface area contributed by atoms with E-state index in [0.717, 1.165) is 32.2 Å². The summed E-state index contributed by atoms with van der Waals surface area (Å²) in [6.07, 6.45) is 3.93. The summed E-state index contributed by atoms with van der Waals surface area (Å²) in [6, 6.07) is 0. The molecule has 98 valence electrons. The van der Waals surface area contributed by atoms with E-state index in [9.17, 15) is 4.79 Å². The lowest BCUT2D eigenvalue weighted by Crippen LogP contribution is -2.45. The minimum absolute atomic E-state index is 0.0982. The van der Waals surface area contributed by atoms with Crippen molar-refractivity contribution in [2.75, 3.05) is 19.7 Å². The molecule has 0 radical (unpaired) electrons. The molecule has 17 heavy (non-hydrogen) atoms. The first-order chi connectivity index (χ1) is 8.07. The molecule has 2 fully saturated rings. The van der Waals surface area contributed by atoms with Gasteiger partial charge in [0, 0.05) is 13.1 Å². The van der Waals surface area contributed by atoms with Gasteiger partial charge in [-0.25, -0.2) is 4.79 Å². The molecule has 0 aromatic carbocycles. The van der Waals surface area contributed by atoms with Gasteiger partial charge in [-0.05, 0) is 31.1 Å². The van der Waals surface area contributed by atoms with Crippen LogP contribution in [0.1, 0.15) is 39.5 Å². The average Bonchev–Trinajstić information content (AvgIpc) is 2.33. The van der Waals surface area contributed by atoms with Gasteiger partial charge in [-0.2, -0.15) is 0 Å². The highest BCUT2D eigenvalue weighted by atomic mass is 16.6. The number of rotatable bonds is 2. The first-order valence-corrected chi connectivity index (χ1v) is 6.60. The van der Waals surface area contributed by atoms with Crippen molar-refractivity contribution in [1.29, 1.82) is 0 Å². The number of morpholine rings is 1. The number of carbonyl (C=O) groups excluding carboxylic acids is 1. The zero-order valence-corrected chi connectivity index (χ0v) is 10.8. The number of nitrogens with one attached hydrogen (secondary N) is 1. The molecule has 1 atom stereocenters. The summed E-state index contributed by atoms with van der Waals surface area (Å²) in [6.45, 7) is 6.55. The summed E-state index contributed by atoms with van der Waals surface area (Å²) in [5.74, 6) is -0.193. The van der Waals surface area contributed by atoms with E-state index in [1.54, 1.807) is 0 Å². The van der Waals surface area contributed by atoms with Crippen LogP contribution in [0.4, 0.5) is 0 Å². The van der Waals surface area contributed by atoms with E-state index in [1.807, 2.05) is 0 Å². The third-order valence-corrected chi connectivity index (χ3v) is 3.76. The van der Waals surface area contributed by atoms with Gasteiger partial charge in [0.15, 0.2) is 6.10 Å². The lowest BCUT2D eigenvalue weighted by molar-refractivity contribution is -0.166. The number of hydrogen-bond acceptors (Lipinski definition) is 4. The average molecular weight is 241 g/mol. The summed E-state index contributed by atoms with van der Waals surface area (Å²) < 4.78 is 10.9. The maximum absolute atomic E-state index is 11.8. The van der Waals surface area contributed by atoms with Gasteiger partial charge in [0.05, 0.1) is 6.61 Å². The largest absolute Gasteiger partial charge is 0.460 e. The van der Waals surface area contributed by atoms with Gasteiger partial charge in [-0.3, -0.25) is 0 Å². The minimum Gasteiger partial charge on any atom is -0.460 e. The molecule has 0 spiro atoms. The van der Waals surface area contributed by atoms with Crippen LogP contribution in [0.3, 0.4) is 0 Å². The van der Waals surface area contributed by atoms with Crippen molar-refractivity contribution in [3.63, 3.8) is 0 Å². The molecule has 1 aliphatic heterocycles. The highest BCUT2D eigenvalue weighted by Crippen LogP contribution is 2.36. The van der Waals surface area contributed by atoms with Gasteiger partial charge in [0.2, 0.25) is 0 Å². The molecular formula is C13H23NO3. The second-order valence-electron chi connectivity index (χ2n) is 5.86. The van der Waals surface area contributed by atoms with Crippen molar-refractivity contribution in [3.05, 3.63) is 0 Å². The standard InChI is InChI=1S/C13H23NO3/c1-13(2)5-3-10(4-6-13)17-12(15)11-9-14-7-8-16-11/h10-11,14H,3-9H2,1-2H3. The van der Waals surface area contributed by atoms with Crippen LogP contribution >= 0.6 is 0 Å². The Morgan fingerprint density at radius 1 is 1.35 bits per heavy atom. The summed E-state index contributed by atoms with van der Waals surface area (Å²) in [4.78, 5) is 11.8. The van der Waals surface area contributed by atoms with Crippen LogP contribution < -0.4 is 5.32 Å². The van der Waals surface area contributed by atoms with E-state index in [4.69, 9.17) is 9.47 Å². The zero-order valence-electron chi connectivity index (χ0n) is 10.8.